The van der Waals surface area contributed by atoms with Crippen LogP contribution >= 0.6 is 0 Å². The lowest BCUT2D eigenvalue weighted by atomic mass is 9.98. The first-order chi connectivity index (χ1) is 16.3. The number of esters is 1. The van der Waals surface area contributed by atoms with E-state index in [1.54, 1.807) is 13.0 Å². The number of hydrogen-bond acceptors (Lipinski definition) is 7. The van der Waals surface area contributed by atoms with Crippen LogP contribution in [0.15, 0.2) is 23.1 Å². The second kappa shape index (κ2) is 10.5. The van der Waals surface area contributed by atoms with Crippen LogP contribution in [-0.2, 0) is 24.3 Å². The van der Waals surface area contributed by atoms with Gasteiger partial charge in [0.15, 0.2) is 17.6 Å². The summed E-state index contributed by atoms with van der Waals surface area (Å²) < 4.78 is 44.1. The molecule has 1 aromatic rings. The number of hydrogen-bond donors (Lipinski definition) is 0. The number of benzene rings is 1. The molecule has 3 heterocycles. The standard InChI is InChI=1S/C24H34N2O7S/c1-3-19-6-4-5-11-26(19)23(27)17(2)33-24(28)18-9-12-25(13-10-18)34(29,30)20-7-8-21-22(16-20)32-15-14-31-21/h7-8,16-19H,3-6,9-15H2,1-2H3/t17-,19+/m1/s1. The summed E-state index contributed by atoms with van der Waals surface area (Å²) in [6.45, 7) is 5.63. The zero-order valence-corrected chi connectivity index (χ0v) is 20.7. The molecule has 0 bridgehead atoms. The summed E-state index contributed by atoms with van der Waals surface area (Å²) in [6, 6.07) is 4.81. The molecular weight excluding hydrogens is 460 g/mol. The molecule has 4 rings (SSSR count). The summed E-state index contributed by atoms with van der Waals surface area (Å²) in [4.78, 5) is 27.6. The first kappa shape index (κ1) is 24.8. The molecule has 0 aromatic heterocycles. The molecule has 188 valence electrons. The van der Waals surface area contributed by atoms with Gasteiger partial charge in [0.25, 0.3) is 5.91 Å². The normalized spacial score (nSPS) is 22.8. The SMILES string of the molecule is CC[C@H]1CCCCN1C(=O)[C@@H](C)OC(=O)C1CCN(S(=O)(=O)c2ccc3c(c2)OCCO3)CC1. The van der Waals surface area contributed by atoms with E-state index >= 15 is 0 Å². The van der Waals surface area contributed by atoms with Crippen molar-refractivity contribution in [2.45, 2.75) is 69.4 Å². The largest absolute Gasteiger partial charge is 0.486 e. The second-order valence-electron chi connectivity index (χ2n) is 9.15. The Balaban J connectivity index is 1.32. The molecule has 10 heteroatoms. The fraction of sp³-hybridized carbons (Fsp3) is 0.667. The molecule has 3 aliphatic rings. The third-order valence-corrected chi connectivity index (χ3v) is 8.86. The molecule has 9 nitrogen and oxygen atoms in total. The molecule has 34 heavy (non-hydrogen) atoms. The number of ether oxygens (including phenoxy) is 3. The minimum atomic E-state index is -3.72. The molecule has 2 saturated heterocycles. The molecule has 1 aromatic carbocycles. The van der Waals surface area contributed by atoms with Gasteiger partial charge in [-0.3, -0.25) is 9.59 Å². The van der Waals surface area contributed by atoms with Crippen LogP contribution in [0.25, 0.3) is 0 Å². The monoisotopic (exact) mass is 494 g/mol. The van der Waals surface area contributed by atoms with Crippen molar-refractivity contribution < 1.29 is 32.2 Å². The van der Waals surface area contributed by atoms with E-state index in [4.69, 9.17) is 14.2 Å². The Bertz CT molecular complexity index is 1000. The predicted molar refractivity (Wildman–Crippen MR) is 124 cm³/mol. The Kier molecular flexibility index (Phi) is 7.67. The van der Waals surface area contributed by atoms with Crippen LogP contribution in [0.3, 0.4) is 0 Å². The van der Waals surface area contributed by atoms with Crippen LogP contribution in [0, 0.1) is 5.92 Å². The average Bonchev–Trinajstić information content (AvgIpc) is 2.87. The maximum Gasteiger partial charge on any atom is 0.309 e. The average molecular weight is 495 g/mol. The maximum atomic E-state index is 13.1. The van der Waals surface area contributed by atoms with Crippen molar-refractivity contribution in [2.24, 2.45) is 5.92 Å². The predicted octanol–water partition coefficient (Wildman–Crippen LogP) is 2.58. The Morgan fingerprint density at radius 1 is 1.06 bits per heavy atom. The summed E-state index contributed by atoms with van der Waals surface area (Å²) in [5.74, 6) is -0.0420. The van der Waals surface area contributed by atoms with Crippen LogP contribution in [0.4, 0.5) is 0 Å². The summed E-state index contributed by atoms with van der Waals surface area (Å²) in [5, 5.41) is 0. The molecular formula is C24H34N2O7S. The minimum absolute atomic E-state index is 0.140. The summed E-state index contributed by atoms with van der Waals surface area (Å²) in [5.41, 5.74) is 0. The highest BCUT2D eigenvalue weighted by Gasteiger charge is 2.36. The van der Waals surface area contributed by atoms with Gasteiger partial charge in [0, 0.05) is 31.7 Å². The van der Waals surface area contributed by atoms with Crippen molar-refractivity contribution >= 4 is 21.9 Å². The van der Waals surface area contributed by atoms with Crippen molar-refractivity contribution in [1.82, 2.24) is 9.21 Å². The number of rotatable bonds is 6. The first-order valence-electron chi connectivity index (χ1n) is 12.2. The Morgan fingerprint density at radius 3 is 2.47 bits per heavy atom. The van der Waals surface area contributed by atoms with Gasteiger partial charge in [0.1, 0.15) is 13.2 Å². The van der Waals surface area contributed by atoms with Gasteiger partial charge < -0.3 is 19.1 Å². The third-order valence-electron chi connectivity index (χ3n) is 6.96. The lowest BCUT2D eigenvalue weighted by Crippen LogP contribution is -2.49. The number of carbonyl (C=O) groups is 2. The number of amides is 1. The van der Waals surface area contributed by atoms with E-state index in [2.05, 4.69) is 6.92 Å². The van der Waals surface area contributed by atoms with Crippen molar-refractivity contribution in [3.05, 3.63) is 18.2 Å². The van der Waals surface area contributed by atoms with E-state index in [0.29, 0.717) is 44.1 Å². The summed E-state index contributed by atoms with van der Waals surface area (Å²) in [6.07, 6.45) is 3.83. The molecule has 2 fully saturated rings. The molecule has 0 spiro atoms. The van der Waals surface area contributed by atoms with Gasteiger partial charge in [-0.2, -0.15) is 4.31 Å². The minimum Gasteiger partial charge on any atom is -0.486 e. The lowest BCUT2D eigenvalue weighted by molar-refractivity contribution is -0.165. The third kappa shape index (κ3) is 5.17. The lowest BCUT2D eigenvalue weighted by Gasteiger charge is -2.37. The van der Waals surface area contributed by atoms with Crippen LogP contribution in [0.2, 0.25) is 0 Å². The van der Waals surface area contributed by atoms with Gasteiger partial charge in [-0.05, 0) is 57.6 Å². The maximum absolute atomic E-state index is 13.1. The quantitative estimate of drug-likeness (QED) is 0.560. The molecule has 0 unspecified atom stereocenters. The van der Waals surface area contributed by atoms with E-state index in [9.17, 15) is 18.0 Å². The Hall–Kier alpha value is -2.33. The van der Waals surface area contributed by atoms with Gasteiger partial charge in [-0.15, -0.1) is 0 Å². The first-order valence-corrected chi connectivity index (χ1v) is 13.7. The van der Waals surface area contributed by atoms with E-state index < -0.39 is 28.0 Å². The number of piperidine rings is 2. The van der Waals surface area contributed by atoms with Gasteiger partial charge >= 0.3 is 5.97 Å². The molecule has 2 atom stereocenters. The zero-order valence-electron chi connectivity index (χ0n) is 19.9. The van der Waals surface area contributed by atoms with Crippen LogP contribution < -0.4 is 9.47 Å². The Labute approximate surface area is 201 Å². The van der Waals surface area contributed by atoms with Gasteiger partial charge in [0.2, 0.25) is 10.0 Å². The van der Waals surface area contributed by atoms with E-state index in [0.717, 1.165) is 25.7 Å². The molecule has 3 aliphatic heterocycles. The fourth-order valence-corrected chi connectivity index (χ4v) is 6.42. The molecule has 0 saturated carbocycles. The Morgan fingerprint density at radius 2 is 1.76 bits per heavy atom. The molecule has 0 N–H and O–H groups in total. The highest BCUT2D eigenvalue weighted by molar-refractivity contribution is 7.89. The van der Waals surface area contributed by atoms with E-state index in [1.807, 2.05) is 4.90 Å². The van der Waals surface area contributed by atoms with Crippen LogP contribution in [0.1, 0.15) is 52.4 Å². The van der Waals surface area contributed by atoms with E-state index in [1.165, 1.54) is 16.4 Å². The van der Waals surface area contributed by atoms with Crippen molar-refractivity contribution in [2.75, 3.05) is 32.8 Å². The topological polar surface area (TPSA) is 102 Å². The van der Waals surface area contributed by atoms with Gasteiger partial charge in [-0.1, -0.05) is 6.92 Å². The fourth-order valence-electron chi connectivity index (χ4n) is 4.93. The number of sulfonamides is 1. The zero-order chi connectivity index (χ0) is 24.3. The smallest absolute Gasteiger partial charge is 0.309 e. The van der Waals surface area contributed by atoms with Gasteiger partial charge in [-0.25, -0.2) is 8.42 Å². The van der Waals surface area contributed by atoms with Crippen molar-refractivity contribution in [3.63, 3.8) is 0 Å². The second-order valence-corrected chi connectivity index (χ2v) is 11.1. The summed E-state index contributed by atoms with van der Waals surface area (Å²) >= 11 is 0. The highest BCUT2D eigenvalue weighted by Crippen LogP contribution is 2.34. The highest BCUT2D eigenvalue weighted by atomic mass is 32.2. The van der Waals surface area contributed by atoms with Crippen LogP contribution in [0.5, 0.6) is 11.5 Å². The van der Waals surface area contributed by atoms with Crippen molar-refractivity contribution in [3.8, 4) is 11.5 Å². The van der Waals surface area contributed by atoms with Gasteiger partial charge in [0.05, 0.1) is 10.8 Å². The number of carbonyl (C=O) groups excluding carboxylic acids is 2. The van der Waals surface area contributed by atoms with Crippen LogP contribution in [-0.4, -0.2) is 74.5 Å². The number of fused-ring (bicyclic) bond motifs is 1. The number of likely N-dealkylation sites (tertiary alicyclic amines) is 1. The van der Waals surface area contributed by atoms with Crippen molar-refractivity contribution in [1.29, 1.82) is 0 Å². The molecule has 0 radical (unpaired) electrons. The summed E-state index contributed by atoms with van der Waals surface area (Å²) in [7, 11) is -3.72. The molecule has 1 amide bonds. The molecule has 0 aliphatic carbocycles. The van der Waals surface area contributed by atoms with E-state index in [-0.39, 0.29) is 29.9 Å². The number of nitrogens with zero attached hydrogens (tertiary/aromatic N) is 2.